The highest BCUT2D eigenvalue weighted by Gasteiger charge is 2.33. The van der Waals surface area contributed by atoms with Gasteiger partial charge in [0, 0.05) is 35.8 Å². The molecule has 3 aromatic carbocycles. The van der Waals surface area contributed by atoms with E-state index in [-0.39, 0.29) is 10.9 Å². The van der Waals surface area contributed by atoms with Gasteiger partial charge in [-0.3, -0.25) is 9.69 Å². The Kier molecular flexibility index (Phi) is 9.64. The maximum atomic E-state index is 14.6. The van der Waals surface area contributed by atoms with Crippen molar-refractivity contribution in [3.05, 3.63) is 93.8 Å². The molecular weight excluding hydrogens is 562 g/mol. The first-order valence-electron chi connectivity index (χ1n) is 13.6. The van der Waals surface area contributed by atoms with Crippen LogP contribution < -0.4 is 9.47 Å². The fourth-order valence-corrected chi connectivity index (χ4v) is 5.00. The molecule has 0 aliphatic carbocycles. The fourth-order valence-electron chi connectivity index (χ4n) is 4.81. The van der Waals surface area contributed by atoms with Crippen molar-refractivity contribution in [1.82, 2.24) is 19.7 Å². The molecule has 0 N–H and O–H groups in total. The molecule has 0 bridgehead atoms. The summed E-state index contributed by atoms with van der Waals surface area (Å²) in [7, 11) is 3.62. The second-order valence-electron chi connectivity index (χ2n) is 11.2. The van der Waals surface area contributed by atoms with Crippen LogP contribution in [-0.4, -0.2) is 40.1 Å². The molecule has 0 fully saturated rings. The highest BCUT2D eigenvalue weighted by Crippen LogP contribution is 2.34. The molecule has 0 atom stereocenters. The standard InChI is InChI=1S/C32H35ClF2N4O3/c1-20(2)16-39-30(36-37-31(39)32(3,4)42-29-27(34)14-25(33)15-28(29)35)22-9-10-23(19-40)24(13-22)18-38(5)17-21-7-11-26(41-6)12-8-21/h7-15,19-20H,16-18H2,1-6H3. The molecule has 1 aromatic heterocycles. The summed E-state index contributed by atoms with van der Waals surface area (Å²) in [6, 6.07) is 15.4. The van der Waals surface area contributed by atoms with Crippen LogP contribution in [0.15, 0.2) is 54.6 Å². The zero-order valence-corrected chi connectivity index (χ0v) is 25.4. The highest BCUT2D eigenvalue weighted by atomic mass is 35.5. The molecule has 0 saturated heterocycles. The van der Waals surface area contributed by atoms with Crippen molar-refractivity contribution < 1.29 is 23.0 Å². The van der Waals surface area contributed by atoms with E-state index < -0.39 is 23.0 Å². The lowest BCUT2D eigenvalue weighted by atomic mass is 10.0. The number of halogens is 3. The summed E-state index contributed by atoms with van der Waals surface area (Å²) in [5.74, 6) is -0.405. The highest BCUT2D eigenvalue weighted by molar-refractivity contribution is 6.30. The van der Waals surface area contributed by atoms with Crippen LogP contribution in [0.4, 0.5) is 8.78 Å². The third-order valence-corrected chi connectivity index (χ3v) is 6.96. The number of ether oxygens (including phenoxy) is 2. The Labute approximate surface area is 250 Å². The van der Waals surface area contributed by atoms with Gasteiger partial charge in [0.2, 0.25) is 0 Å². The van der Waals surface area contributed by atoms with E-state index in [1.54, 1.807) is 27.0 Å². The summed E-state index contributed by atoms with van der Waals surface area (Å²) in [4.78, 5) is 14.0. The van der Waals surface area contributed by atoms with E-state index in [9.17, 15) is 13.6 Å². The van der Waals surface area contributed by atoms with E-state index in [1.165, 1.54) is 0 Å². The van der Waals surface area contributed by atoms with Crippen molar-refractivity contribution in [2.24, 2.45) is 5.92 Å². The van der Waals surface area contributed by atoms with Crippen molar-refractivity contribution in [2.75, 3.05) is 14.2 Å². The van der Waals surface area contributed by atoms with Crippen molar-refractivity contribution >= 4 is 17.9 Å². The second-order valence-corrected chi connectivity index (χ2v) is 11.7. The largest absolute Gasteiger partial charge is 0.497 e. The topological polar surface area (TPSA) is 69.5 Å². The minimum Gasteiger partial charge on any atom is -0.497 e. The summed E-state index contributed by atoms with van der Waals surface area (Å²) in [6.45, 7) is 9.18. The number of hydrogen-bond acceptors (Lipinski definition) is 6. The maximum absolute atomic E-state index is 14.6. The molecule has 0 unspecified atom stereocenters. The molecule has 42 heavy (non-hydrogen) atoms. The predicted octanol–water partition coefficient (Wildman–Crippen LogP) is 7.30. The van der Waals surface area contributed by atoms with E-state index in [2.05, 4.69) is 28.9 Å². The lowest BCUT2D eigenvalue weighted by molar-refractivity contribution is 0.0818. The molecule has 0 saturated carbocycles. The molecular formula is C32H35ClF2N4O3. The van der Waals surface area contributed by atoms with Gasteiger partial charge in [0.1, 0.15) is 12.0 Å². The quantitative estimate of drug-likeness (QED) is 0.160. The third-order valence-electron chi connectivity index (χ3n) is 6.74. The molecule has 0 amide bonds. The number of nitrogens with zero attached hydrogens (tertiary/aromatic N) is 4. The second kappa shape index (κ2) is 13.0. The first-order valence-corrected chi connectivity index (χ1v) is 14.0. The average molecular weight is 597 g/mol. The minimum atomic E-state index is -1.25. The Bertz CT molecular complexity index is 1530. The molecule has 4 aromatic rings. The normalized spacial score (nSPS) is 11.8. The van der Waals surface area contributed by atoms with Crippen LogP contribution in [0, 0.1) is 17.6 Å². The molecule has 222 valence electrons. The van der Waals surface area contributed by atoms with Gasteiger partial charge in [0.05, 0.1) is 7.11 Å². The maximum Gasteiger partial charge on any atom is 0.192 e. The number of methoxy groups -OCH3 is 1. The van der Waals surface area contributed by atoms with Gasteiger partial charge >= 0.3 is 0 Å². The van der Waals surface area contributed by atoms with Gasteiger partial charge in [-0.25, -0.2) is 8.78 Å². The Hall–Kier alpha value is -3.82. The fraction of sp³-hybridized carbons (Fsp3) is 0.344. The SMILES string of the molecule is COc1ccc(CN(C)Cc2cc(-c3nnc(C(C)(C)Oc4c(F)cc(Cl)cc4F)n3CC(C)C)ccc2C=O)cc1. The van der Waals surface area contributed by atoms with Crippen LogP contribution >= 0.6 is 11.6 Å². The van der Waals surface area contributed by atoms with Gasteiger partial charge in [-0.1, -0.05) is 49.7 Å². The molecule has 1 heterocycles. The lowest BCUT2D eigenvalue weighted by Crippen LogP contribution is -2.31. The smallest absolute Gasteiger partial charge is 0.192 e. The zero-order valence-electron chi connectivity index (χ0n) is 24.6. The number of rotatable bonds is 12. The molecule has 10 heteroatoms. The molecule has 4 rings (SSSR count). The van der Waals surface area contributed by atoms with E-state index in [1.807, 2.05) is 48.0 Å². The number of hydrogen-bond donors (Lipinski definition) is 0. The van der Waals surface area contributed by atoms with Gasteiger partial charge in [-0.05, 0) is 68.3 Å². The monoisotopic (exact) mass is 596 g/mol. The van der Waals surface area contributed by atoms with Crippen LogP contribution in [0.5, 0.6) is 11.5 Å². The lowest BCUT2D eigenvalue weighted by Gasteiger charge is -2.27. The summed E-state index contributed by atoms with van der Waals surface area (Å²) in [5, 5.41) is 8.83. The van der Waals surface area contributed by atoms with Crippen LogP contribution in [0.3, 0.4) is 0 Å². The number of carbonyl (C=O) groups is 1. The van der Waals surface area contributed by atoms with Crippen LogP contribution in [0.25, 0.3) is 11.4 Å². The van der Waals surface area contributed by atoms with Crippen LogP contribution in [0.1, 0.15) is 55.0 Å². The number of benzene rings is 3. The summed E-state index contributed by atoms with van der Waals surface area (Å²) < 4.78 is 42.2. The Morgan fingerprint density at radius 1 is 1.02 bits per heavy atom. The van der Waals surface area contributed by atoms with E-state index in [0.717, 1.165) is 40.9 Å². The van der Waals surface area contributed by atoms with Gasteiger partial charge in [0.15, 0.2) is 34.6 Å². The van der Waals surface area contributed by atoms with Crippen LogP contribution in [-0.2, 0) is 25.2 Å². The molecule has 0 aliphatic rings. The molecule has 0 aliphatic heterocycles. The van der Waals surface area contributed by atoms with Crippen molar-refractivity contribution in [1.29, 1.82) is 0 Å². The Balaban J connectivity index is 1.67. The predicted molar refractivity (Wildman–Crippen MR) is 159 cm³/mol. The van der Waals surface area contributed by atoms with E-state index >= 15 is 0 Å². The van der Waals surface area contributed by atoms with E-state index in [4.69, 9.17) is 21.1 Å². The molecule has 0 radical (unpaired) electrons. The number of carbonyl (C=O) groups excluding carboxylic acids is 1. The minimum absolute atomic E-state index is 0.0652. The van der Waals surface area contributed by atoms with Gasteiger partial charge in [0.25, 0.3) is 0 Å². The van der Waals surface area contributed by atoms with Gasteiger partial charge in [-0.15, -0.1) is 10.2 Å². The first-order chi connectivity index (χ1) is 19.9. The molecule has 7 nitrogen and oxygen atoms in total. The summed E-state index contributed by atoms with van der Waals surface area (Å²) in [6.07, 6.45) is 0.844. The zero-order chi connectivity index (χ0) is 30.6. The third kappa shape index (κ3) is 7.14. The first kappa shape index (κ1) is 31.1. The van der Waals surface area contributed by atoms with Crippen molar-refractivity contribution in [3.63, 3.8) is 0 Å². The van der Waals surface area contributed by atoms with Crippen LogP contribution in [0.2, 0.25) is 5.02 Å². The Morgan fingerprint density at radius 3 is 2.29 bits per heavy atom. The summed E-state index contributed by atoms with van der Waals surface area (Å²) in [5.41, 5.74) is 2.03. The van der Waals surface area contributed by atoms with Gasteiger partial charge in [-0.2, -0.15) is 0 Å². The van der Waals surface area contributed by atoms with Crippen molar-refractivity contribution in [2.45, 2.75) is 52.9 Å². The number of aromatic nitrogens is 3. The molecule has 0 spiro atoms. The van der Waals surface area contributed by atoms with Gasteiger partial charge < -0.3 is 14.0 Å². The summed E-state index contributed by atoms with van der Waals surface area (Å²) >= 11 is 5.79. The van der Waals surface area contributed by atoms with Crippen molar-refractivity contribution in [3.8, 4) is 22.9 Å². The Morgan fingerprint density at radius 2 is 1.69 bits per heavy atom. The van der Waals surface area contributed by atoms with E-state index in [0.29, 0.717) is 36.8 Å². The number of aldehydes is 1. The average Bonchev–Trinajstić information content (AvgIpc) is 3.35.